The summed E-state index contributed by atoms with van der Waals surface area (Å²) < 4.78 is 12.9. The molecule has 0 bridgehead atoms. The summed E-state index contributed by atoms with van der Waals surface area (Å²) in [5.74, 6) is -0.115. The Balaban J connectivity index is 2.44. The molecule has 5 heteroatoms. The van der Waals surface area contributed by atoms with E-state index in [1.54, 1.807) is 11.8 Å². The monoisotopic (exact) mass is 257 g/mol. The number of rotatable bonds is 6. The van der Waals surface area contributed by atoms with Crippen LogP contribution < -0.4 is 5.32 Å². The SMILES string of the molecule is CSCCCCNC(=O)c1cc(F)ccc1O. The maximum Gasteiger partial charge on any atom is 0.255 e. The number of hydrogen-bond donors (Lipinski definition) is 2. The fourth-order valence-electron chi connectivity index (χ4n) is 1.36. The van der Waals surface area contributed by atoms with Gasteiger partial charge in [-0.1, -0.05) is 0 Å². The maximum atomic E-state index is 12.9. The standard InChI is InChI=1S/C12H16FNO2S/c1-17-7-3-2-6-14-12(16)10-8-9(13)4-5-11(10)15/h4-5,8,15H,2-3,6-7H2,1H3,(H,14,16). The lowest BCUT2D eigenvalue weighted by molar-refractivity contribution is 0.0950. The second-order valence-corrected chi connectivity index (χ2v) is 4.60. The molecule has 0 fully saturated rings. The van der Waals surface area contributed by atoms with Gasteiger partial charge < -0.3 is 10.4 Å². The van der Waals surface area contributed by atoms with E-state index in [4.69, 9.17) is 0 Å². The molecule has 1 aromatic carbocycles. The van der Waals surface area contributed by atoms with Gasteiger partial charge in [0.2, 0.25) is 0 Å². The van der Waals surface area contributed by atoms with Crippen molar-refractivity contribution in [3.8, 4) is 5.75 Å². The molecule has 94 valence electrons. The number of unbranched alkanes of at least 4 members (excludes halogenated alkanes) is 1. The minimum absolute atomic E-state index is 0.0186. The third-order valence-electron chi connectivity index (χ3n) is 2.26. The minimum atomic E-state index is -0.532. The molecule has 0 aliphatic rings. The summed E-state index contributed by atoms with van der Waals surface area (Å²) in [6.07, 6.45) is 3.93. The van der Waals surface area contributed by atoms with Crippen LogP contribution in [0.15, 0.2) is 18.2 Å². The Morgan fingerprint density at radius 1 is 1.47 bits per heavy atom. The third kappa shape index (κ3) is 4.65. The first-order valence-corrected chi connectivity index (χ1v) is 6.80. The largest absolute Gasteiger partial charge is 0.507 e. The second kappa shape index (κ2) is 7.17. The first-order valence-electron chi connectivity index (χ1n) is 5.41. The van der Waals surface area contributed by atoms with Crippen LogP contribution in [0.2, 0.25) is 0 Å². The topological polar surface area (TPSA) is 49.3 Å². The summed E-state index contributed by atoms with van der Waals surface area (Å²) in [6, 6.07) is 3.33. The molecule has 0 saturated carbocycles. The van der Waals surface area contributed by atoms with Crippen molar-refractivity contribution in [2.45, 2.75) is 12.8 Å². The zero-order valence-electron chi connectivity index (χ0n) is 9.70. The molecule has 0 aliphatic heterocycles. The van der Waals surface area contributed by atoms with Crippen LogP contribution >= 0.6 is 11.8 Å². The number of nitrogens with one attached hydrogen (secondary N) is 1. The Morgan fingerprint density at radius 2 is 2.24 bits per heavy atom. The highest BCUT2D eigenvalue weighted by atomic mass is 32.2. The van der Waals surface area contributed by atoms with E-state index in [9.17, 15) is 14.3 Å². The van der Waals surface area contributed by atoms with Crippen LogP contribution in [0.4, 0.5) is 4.39 Å². The normalized spacial score (nSPS) is 10.2. The van der Waals surface area contributed by atoms with Crippen molar-refractivity contribution in [2.24, 2.45) is 0 Å². The highest BCUT2D eigenvalue weighted by Gasteiger charge is 2.11. The quantitative estimate of drug-likeness (QED) is 0.769. The third-order valence-corrected chi connectivity index (χ3v) is 2.96. The number of phenolic OH excluding ortho intramolecular Hbond substituents is 1. The highest BCUT2D eigenvalue weighted by Crippen LogP contribution is 2.17. The zero-order chi connectivity index (χ0) is 12.7. The molecule has 0 unspecified atom stereocenters. The molecule has 0 aromatic heterocycles. The Morgan fingerprint density at radius 3 is 2.94 bits per heavy atom. The Kier molecular flexibility index (Phi) is 5.83. The van der Waals surface area contributed by atoms with E-state index in [1.807, 2.05) is 6.26 Å². The predicted molar refractivity (Wildman–Crippen MR) is 68.0 cm³/mol. The van der Waals surface area contributed by atoms with Crippen LogP contribution in [-0.2, 0) is 0 Å². The van der Waals surface area contributed by atoms with Crippen molar-refractivity contribution in [2.75, 3.05) is 18.6 Å². The highest BCUT2D eigenvalue weighted by molar-refractivity contribution is 7.98. The van der Waals surface area contributed by atoms with Gasteiger partial charge in [0, 0.05) is 6.54 Å². The number of thioether (sulfide) groups is 1. The molecule has 1 amide bonds. The van der Waals surface area contributed by atoms with E-state index >= 15 is 0 Å². The van der Waals surface area contributed by atoms with Gasteiger partial charge in [-0.15, -0.1) is 0 Å². The Hall–Kier alpha value is -1.23. The zero-order valence-corrected chi connectivity index (χ0v) is 10.5. The molecule has 0 heterocycles. The van der Waals surface area contributed by atoms with Crippen LogP contribution in [0.25, 0.3) is 0 Å². The fraction of sp³-hybridized carbons (Fsp3) is 0.417. The molecular weight excluding hydrogens is 241 g/mol. The van der Waals surface area contributed by atoms with Crippen LogP contribution in [-0.4, -0.2) is 29.6 Å². The van der Waals surface area contributed by atoms with E-state index in [0.717, 1.165) is 30.7 Å². The number of benzene rings is 1. The van der Waals surface area contributed by atoms with Gasteiger partial charge in [-0.3, -0.25) is 4.79 Å². The van der Waals surface area contributed by atoms with Crippen molar-refractivity contribution in [1.82, 2.24) is 5.32 Å². The lowest BCUT2D eigenvalue weighted by atomic mass is 10.2. The fourth-order valence-corrected chi connectivity index (χ4v) is 1.85. The molecule has 3 nitrogen and oxygen atoms in total. The van der Waals surface area contributed by atoms with Crippen LogP contribution in [0, 0.1) is 5.82 Å². The smallest absolute Gasteiger partial charge is 0.255 e. The van der Waals surface area contributed by atoms with Gasteiger partial charge in [0.05, 0.1) is 5.56 Å². The lowest BCUT2D eigenvalue weighted by Gasteiger charge is -2.06. The number of carbonyl (C=O) groups is 1. The van der Waals surface area contributed by atoms with Gasteiger partial charge in [0.25, 0.3) is 5.91 Å². The molecule has 1 aromatic rings. The number of amides is 1. The minimum Gasteiger partial charge on any atom is -0.507 e. The van der Waals surface area contributed by atoms with E-state index in [-0.39, 0.29) is 11.3 Å². The van der Waals surface area contributed by atoms with E-state index in [1.165, 1.54) is 6.07 Å². The molecule has 0 saturated heterocycles. The first-order chi connectivity index (χ1) is 8.15. The van der Waals surface area contributed by atoms with Crippen molar-refractivity contribution < 1.29 is 14.3 Å². The molecule has 0 spiro atoms. The maximum absolute atomic E-state index is 12.9. The average molecular weight is 257 g/mol. The summed E-state index contributed by atoms with van der Waals surface area (Å²) in [6.45, 7) is 0.537. The molecule has 1 rings (SSSR count). The molecular formula is C12H16FNO2S. The van der Waals surface area contributed by atoms with Gasteiger partial charge >= 0.3 is 0 Å². The Bertz CT molecular complexity index is 385. The van der Waals surface area contributed by atoms with Crippen molar-refractivity contribution in [3.05, 3.63) is 29.6 Å². The van der Waals surface area contributed by atoms with Crippen LogP contribution in [0.5, 0.6) is 5.75 Å². The van der Waals surface area contributed by atoms with Crippen molar-refractivity contribution >= 4 is 17.7 Å². The molecule has 0 aliphatic carbocycles. The average Bonchev–Trinajstić information content (AvgIpc) is 2.32. The van der Waals surface area contributed by atoms with Crippen LogP contribution in [0.3, 0.4) is 0 Å². The van der Waals surface area contributed by atoms with Gasteiger partial charge in [0.15, 0.2) is 0 Å². The lowest BCUT2D eigenvalue weighted by Crippen LogP contribution is -2.24. The molecule has 17 heavy (non-hydrogen) atoms. The summed E-state index contributed by atoms with van der Waals surface area (Å²) in [7, 11) is 0. The van der Waals surface area contributed by atoms with Gasteiger partial charge in [-0.05, 0) is 43.0 Å². The summed E-state index contributed by atoms with van der Waals surface area (Å²) >= 11 is 1.76. The Labute approximate surface area is 104 Å². The van der Waals surface area contributed by atoms with Gasteiger partial charge in [-0.2, -0.15) is 11.8 Å². The van der Waals surface area contributed by atoms with E-state index in [0.29, 0.717) is 6.54 Å². The number of hydrogen-bond acceptors (Lipinski definition) is 3. The number of halogens is 1. The first kappa shape index (κ1) is 13.8. The van der Waals surface area contributed by atoms with Gasteiger partial charge in [-0.25, -0.2) is 4.39 Å². The van der Waals surface area contributed by atoms with Crippen molar-refractivity contribution in [1.29, 1.82) is 0 Å². The number of phenols is 1. The summed E-state index contributed by atoms with van der Waals surface area (Å²) in [5, 5.41) is 12.1. The summed E-state index contributed by atoms with van der Waals surface area (Å²) in [4.78, 5) is 11.6. The predicted octanol–water partition coefficient (Wildman–Crippen LogP) is 2.40. The van der Waals surface area contributed by atoms with Gasteiger partial charge in [0.1, 0.15) is 11.6 Å². The number of aromatic hydroxyl groups is 1. The summed E-state index contributed by atoms with van der Waals surface area (Å²) in [5.41, 5.74) is -0.0186. The molecule has 0 radical (unpaired) electrons. The van der Waals surface area contributed by atoms with E-state index in [2.05, 4.69) is 5.32 Å². The molecule has 2 N–H and O–H groups in total. The van der Waals surface area contributed by atoms with Crippen molar-refractivity contribution in [3.63, 3.8) is 0 Å². The second-order valence-electron chi connectivity index (χ2n) is 3.62. The van der Waals surface area contributed by atoms with E-state index < -0.39 is 11.7 Å². The number of carbonyl (C=O) groups excluding carboxylic acids is 1. The van der Waals surface area contributed by atoms with Crippen LogP contribution in [0.1, 0.15) is 23.2 Å². The molecule has 0 atom stereocenters.